The summed E-state index contributed by atoms with van der Waals surface area (Å²) in [6.07, 6.45) is 3.83. The zero-order valence-electron chi connectivity index (χ0n) is 12.7. The van der Waals surface area contributed by atoms with Crippen LogP contribution in [-0.2, 0) is 15.7 Å². The molecular formula is C13H21N3O3S. The number of nitrogens with zero attached hydrogens (tertiary/aromatic N) is 3. The average molecular weight is 299 g/mol. The number of carbonyl (C=O) groups excluding carboxylic acids is 1. The summed E-state index contributed by atoms with van der Waals surface area (Å²) >= 11 is 0. The quantitative estimate of drug-likeness (QED) is 0.787. The van der Waals surface area contributed by atoms with Gasteiger partial charge in [-0.2, -0.15) is 14.2 Å². The van der Waals surface area contributed by atoms with Crippen molar-refractivity contribution in [2.45, 2.75) is 51.9 Å². The highest BCUT2D eigenvalue weighted by Crippen LogP contribution is 2.12. The molecule has 0 saturated carbocycles. The van der Waals surface area contributed by atoms with Gasteiger partial charge in [0.1, 0.15) is 16.6 Å². The Balaban J connectivity index is 2.76. The van der Waals surface area contributed by atoms with Crippen LogP contribution in [0.3, 0.4) is 0 Å². The number of hydrogen-bond acceptors (Lipinski definition) is 4. The monoisotopic (exact) mass is 299 g/mol. The number of carbonyl (C=O) groups is 1. The van der Waals surface area contributed by atoms with E-state index in [-0.39, 0.29) is 0 Å². The maximum atomic E-state index is 11.8. The Hall–Kier alpha value is -1.50. The third kappa shape index (κ3) is 5.24. The summed E-state index contributed by atoms with van der Waals surface area (Å²) in [6.45, 7) is 10.9. The van der Waals surface area contributed by atoms with Gasteiger partial charge in [0, 0.05) is 18.0 Å². The molecule has 0 saturated heterocycles. The third-order valence-corrected chi connectivity index (χ3v) is 3.35. The molecule has 0 radical (unpaired) electrons. The van der Waals surface area contributed by atoms with Crippen LogP contribution in [0.2, 0.25) is 0 Å². The van der Waals surface area contributed by atoms with Crippen LogP contribution in [0.4, 0.5) is 4.79 Å². The van der Waals surface area contributed by atoms with Crippen molar-refractivity contribution < 1.29 is 13.7 Å². The molecule has 1 rings (SSSR count). The fraction of sp³-hybridized carbons (Fsp3) is 0.615. The molecule has 1 aromatic heterocycles. The summed E-state index contributed by atoms with van der Waals surface area (Å²) in [5, 5.41) is 3.89. The average Bonchev–Trinajstić information content (AvgIpc) is 2.70. The van der Waals surface area contributed by atoms with Gasteiger partial charge >= 0.3 is 6.09 Å². The molecule has 0 bridgehead atoms. The van der Waals surface area contributed by atoms with Crippen LogP contribution < -0.4 is 0 Å². The van der Waals surface area contributed by atoms with Crippen LogP contribution in [0, 0.1) is 0 Å². The van der Waals surface area contributed by atoms with Crippen molar-refractivity contribution in [3.8, 4) is 0 Å². The van der Waals surface area contributed by atoms with E-state index in [4.69, 9.17) is 4.74 Å². The van der Waals surface area contributed by atoms with Gasteiger partial charge < -0.3 is 4.74 Å². The van der Waals surface area contributed by atoms with E-state index in [1.165, 1.54) is 18.6 Å². The molecule has 1 heterocycles. The summed E-state index contributed by atoms with van der Waals surface area (Å²) in [6, 6.07) is 0. The van der Waals surface area contributed by atoms with E-state index >= 15 is 0 Å². The maximum absolute atomic E-state index is 11.8. The summed E-state index contributed by atoms with van der Waals surface area (Å²) in [7, 11) is -1.34. The summed E-state index contributed by atoms with van der Waals surface area (Å²) in [5.41, 5.74) is 0.0128. The molecule has 0 aliphatic heterocycles. The van der Waals surface area contributed by atoms with E-state index in [0.29, 0.717) is 5.56 Å². The summed E-state index contributed by atoms with van der Waals surface area (Å²) in [4.78, 5) is 11.7. The second-order valence-electron chi connectivity index (χ2n) is 6.29. The van der Waals surface area contributed by atoms with Gasteiger partial charge in [-0.05, 0) is 41.5 Å². The van der Waals surface area contributed by atoms with E-state index in [1.807, 2.05) is 20.8 Å². The molecular weight excluding hydrogens is 278 g/mol. The second-order valence-corrected chi connectivity index (χ2v) is 8.23. The first-order valence-corrected chi connectivity index (χ1v) is 7.34. The van der Waals surface area contributed by atoms with Crippen LogP contribution in [-0.4, -0.2) is 36.6 Å². The predicted molar refractivity (Wildman–Crippen MR) is 79.3 cm³/mol. The zero-order valence-corrected chi connectivity index (χ0v) is 13.5. The minimum atomic E-state index is -1.34. The highest BCUT2D eigenvalue weighted by atomic mass is 32.2. The fourth-order valence-corrected chi connectivity index (χ4v) is 1.61. The lowest BCUT2D eigenvalue weighted by molar-refractivity contribution is 0.0514. The summed E-state index contributed by atoms with van der Waals surface area (Å²) < 4.78 is 21.6. The minimum absolute atomic E-state index is 0.419. The Labute approximate surface area is 121 Å². The third-order valence-electron chi connectivity index (χ3n) is 2.00. The molecule has 0 aromatic carbocycles. The van der Waals surface area contributed by atoms with Crippen LogP contribution in [0.1, 0.15) is 47.1 Å². The lowest BCUT2D eigenvalue weighted by Crippen LogP contribution is -2.27. The first-order chi connectivity index (χ1) is 8.99. The number of aromatic nitrogens is 2. The fourth-order valence-electron chi connectivity index (χ4n) is 1.08. The van der Waals surface area contributed by atoms with Gasteiger partial charge in [-0.3, -0.25) is 0 Å². The molecule has 6 nitrogen and oxygen atoms in total. The van der Waals surface area contributed by atoms with Crippen molar-refractivity contribution in [3.05, 3.63) is 18.0 Å². The molecule has 1 unspecified atom stereocenters. The van der Waals surface area contributed by atoms with Crippen LogP contribution in [0.15, 0.2) is 16.8 Å². The van der Waals surface area contributed by atoms with Crippen LogP contribution >= 0.6 is 0 Å². The maximum Gasteiger partial charge on any atom is 0.435 e. The molecule has 0 fully saturated rings. The largest absolute Gasteiger partial charge is 0.442 e. The molecule has 0 amide bonds. The minimum Gasteiger partial charge on any atom is -0.442 e. The molecule has 1 atom stereocenters. The Bertz CT molecular complexity index is 536. The van der Waals surface area contributed by atoms with Crippen molar-refractivity contribution in [1.82, 2.24) is 9.78 Å². The Morgan fingerprint density at radius 2 is 1.95 bits per heavy atom. The molecule has 20 heavy (non-hydrogen) atoms. The van der Waals surface area contributed by atoms with Crippen molar-refractivity contribution in [3.63, 3.8) is 0 Å². The normalized spacial score (nSPS) is 14.5. The van der Waals surface area contributed by atoms with E-state index in [9.17, 15) is 9.00 Å². The topological polar surface area (TPSA) is 73.6 Å². The van der Waals surface area contributed by atoms with Crippen molar-refractivity contribution >= 4 is 23.3 Å². The Kier molecular flexibility index (Phi) is 4.86. The molecule has 7 heteroatoms. The zero-order chi connectivity index (χ0) is 15.6. The lowest BCUT2D eigenvalue weighted by atomic mass is 10.2. The van der Waals surface area contributed by atoms with Gasteiger partial charge in [0.05, 0.1) is 10.9 Å². The smallest absolute Gasteiger partial charge is 0.435 e. The van der Waals surface area contributed by atoms with Gasteiger partial charge in [-0.15, -0.1) is 0 Å². The van der Waals surface area contributed by atoms with Gasteiger partial charge in [0.2, 0.25) is 0 Å². The standard InChI is InChI=1S/C13H21N3O3S/c1-12(2,3)19-11(17)16-9-10(7-14-16)8-15-20(18)13(4,5)6/h7-9H,1-6H3. The van der Waals surface area contributed by atoms with Crippen molar-refractivity contribution in [1.29, 1.82) is 0 Å². The van der Waals surface area contributed by atoms with Crippen molar-refractivity contribution in [2.24, 2.45) is 4.40 Å². The van der Waals surface area contributed by atoms with Crippen LogP contribution in [0.5, 0.6) is 0 Å². The molecule has 0 aliphatic rings. The van der Waals surface area contributed by atoms with Gasteiger partial charge in [0.25, 0.3) is 0 Å². The predicted octanol–water partition coefficient (Wildman–Crippen LogP) is 2.55. The number of hydrogen-bond donors (Lipinski definition) is 0. The summed E-state index contributed by atoms with van der Waals surface area (Å²) in [5.74, 6) is 0. The first kappa shape index (κ1) is 16.6. The lowest BCUT2D eigenvalue weighted by Gasteiger charge is -2.18. The SMILES string of the molecule is CC(C)(C)OC(=O)n1cc(C=NS(=O)C(C)(C)C)cn1. The number of rotatable bonds is 2. The highest BCUT2D eigenvalue weighted by molar-refractivity contribution is 7.85. The second kappa shape index (κ2) is 5.87. The van der Waals surface area contributed by atoms with Crippen LogP contribution in [0.25, 0.3) is 0 Å². The molecule has 1 aromatic rings. The van der Waals surface area contributed by atoms with Gasteiger partial charge in [-0.25, -0.2) is 9.00 Å². The first-order valence-electron chi connectivity index (χ1n) is 6.23. The molecule has 0 spiro atoms. The highest BCUT2D eigenvalue weighted by Gasteiger charge is 2.19. The van der Waals surface area contributed by atoms with E-state index in [0.717, 1.165) is 4.68 Å². The van der Waals surface area contributed by atoms with Gasteiger partial charge in [-0.1, -0.05) is 0 Å². The number of ether oxygens (including phenoxy) is 1. The Morgan fingerprint density at radius 3 is 2.45 bits per heavy atom. The van der Waals surface area contributed by atoms with Crippen molar-refractivity contribution in [2.75, 3.05) is 0 Å². The van der Waals surface area contributed by atoms with Gasteiger partial charge in [0.15, 0.2) is 0 Å². The molecule has 0 N–H and O–H groups in total. The molecule has 0 aliphatic carbocycles. The Morgan fingerprint density at radius 1 is 1.35 bits per heavy atom. The van der Waals surface area contributed by atoms with E-state index in [1.54, 1.807) is 20.8 Å². The molecule has 112 valence electrons. The van der Waals surface area contributed by atoms with E-state index in [2.05, 4.69) is 9.50 Å². The van der Waals surface area contributed by atoms with E-state index < -0.39 is 27.4 Å².